The van der Waals surface area contributed by atoms with Crippen LogP contribution in [0.2, 0.25) is 0 Å². The Labute approximate surface area is 107 Å². The standard InChI is InChI=1S/C14H18N2O2/c1-10-4-2-3-5-11(10)8-9-15-14(18)12-6-7-13(17)16-12/h2-5,12H,6-9H2,1H3,(H,15,18)(H,16,17)/t12-/m0/s1. The zero-order valence-electron chi connectivity index (χ0n) is 10.5. The Morgan fingerprint density at radius 2 is 2.22 bits per heavy atom. The molecule has 2 amide bonds. The fraction of sp³-hybridized carbons (Fsp3) is 0.429. The van der Waals surface area contributed by atoms with Gasteiger partial charge in [-0.25, -0.2) is 0 Å². The number of carbonyl (C=O) groups excluding carboxylic acids is 2. The highest BCUT2D eigenvalue weighted by molar-refractivity contribution is 5.90. The third-order valence-electron chi connectivity index (χ3n) is 3.27. The lowest BCUT2D eigenvalue weighted by Gasteiger charge is -2.11. The molecule has 1 fully saturated rings. The largest absolute Gasteiger partial charge is 0.354 e. The molecular weight excluding hydrogens is 228 g/mol. The number of hydrogen-bond donors (Lipinski definition) is 2. The molecule has 0 aromatic heterocycles. The molecule has 1 aliphatic rings. The molecule has 18 heavy (non-hydrogen) atoms. The lowest BCUT2D eigenvalue weighted by atomic mass is 10.1. The van der Waals surface area contributed by atoms with Crippen molar-refractivity contribution in [3.05, 3.63) is 35.4 Å². The molecule has 0 unspecified atom stereocenters. The van der Waals surface area contributed by atoms with E-state index in [2.05, 4.69) is 29.7 Å². The summed E-state index contributed by atoms with van der Waals surface area (Å²) in [5.74, 6) is -0.108. The molecule has 2 N–H and O–H groups in total. The van der Waals surface area contributed by atoms with E-state index in [1.54, 1.807) is 0 Å². The van der Waals surface area contributed by atoms with Gasteiger partial charge in [0.2, 0.25) is 11.8 Å². The van der Waals surface area contributed by atoms with Crippen LogP contribution in [0.5, 0.6) is 0 Å². The van der Waals surface area contributed by atoms with Crippen LogP contribution in [-0.2, 0) is 16.0 Å². The summed E-state index contributed by atoms with van der Waals surface area (Å²) in [5, 5.41) is 5.53. The number of aryl methyl sites for hydroxylation is 1. The molecule has 1 aliphatic heterocycles. The van der Waals surface area contributed by atoms with Crippen LogP contribution < -0.4 is 10.6 Å². The zero-order chi connectivity index (χ0) is 13.0. The van der Waals surface area contributed by atoms with Crippen LogP contribution in [0, 0.1) is 6.92 Å². The Hall–Kier alpha value is -1.84. The minimum atomic E-state index is -0.339. The average molecular weight is 246 g/mol. The number of carbonyl (C=O) groups is 2. The van der Waals surface area contributed by atoms with Crippen LogP contribution in [0.25, 0.3) is 0 Å². The molecule has 0 spiro atoms. The van der Waals surface area contributed by atoms with Crippen LogP contribution in [0.1, 0.15) is 24.0 Å². The van der Waals surface area contributed by atoms with E-state index in [4.69, 9.17) is 0 Å². The maximum Gasteiger partial charge on any atom is 0.242 e. The van der Waals surface area contributed by atoms with Crippen molar-refractivity contribution in [1.82, 2.24) is 10.6 Å². The van der Waals surface area contributed by atoms with Crippen LogP contribution in [0.15, 0.2) is 24.3 Å². The fourth-order valence-corrected chi connectivity index (χ4v) is 2.14. The van der Waals surface area contributed by atoms with E-state index in [1.165, 1.54) is 11.1 Å². The maximum absolute atomic E-state index is 11.7. The van der Waals surface area contributed by atoms with Gasteiger partial charge in [0.1, 0.15) is 6.04 Å². The maximum atomic E-state index is 11.7. The van der Waals surface area contributed by atoms with Gasteiger partial charge in [-0.2, -0.15) is 0 Å². The van der Waals surface area contributed by atoms with E-state index in [0.717, 1.165) is 6.42 Å². The molecule has 0 bridgehead atoms. The smallest absolute Gasteiger partial charge is 0.242 e. The first kappa shape index (κ1) is 12.6. The van der Waals surface area contributed by atoms with Crippen LogP contribution >= 0.6 is 0 Å². The summed E-state index contributed by atoms with van der Waals surface area (Å²) in [7, 11) is 0. The average Bonchev–Trinajstić information content (AvgIpc) is 2.78. The summed E-state index contributed by atoms with van der Waals surface area (Å²) in [4.78, 5) is 22.7. The number of rotatable bonds is 4. The molecule has 1 aromatic carbocycles. The molecule has 1 heterocycles. The van der Waals surface area contributed by atoms with E-state index < -0.39 is 0 Å². The first-order valence-electron chi connectivity index (χ1n) is 6.28. The normalized spacial score (nSPS) is 18.5. The monoisotopic (exact) mass is 246 g/mol. The van der Waals surface area contributed by atoms with Gasteiger partial charge in [-0.1, -0.05) is 24.3 Å². The molecule has 0 saturated carbocycles. The number of hydrogen-bond acceptors (Lipinski definition) is 2. The molecule has 2 rings (SSSR count). The first-order chi connectivity index (χ1) is 8.66. The predicted octanol–water partition coefficient (Wildman–Crippen LogP) is 0.932. The number of nitrogens with one attached hydrogen (secondary N) is 2. The van der Waals surface area contributed by atoms with Gasteiger partial charge in [-0.05, 0) is 30.9 Å². The molecule has 1 atom stereocenters. The lowest BCUT2D eigenvalue weighted by Crippen LogP contribution is -2.42. The van der Waals surface area contributed by atoms with Gasteiger partial charge in [0, 0.05) is 13.0 Å². The van der Waals surface area contributed by atoms with Gasteiger partial charge in [-0.3, -0.25) is 9.59 Å². The highest BCUT2D eigenvalue weighted by Gasteiger charge is 2.26. The van der Waals surface area contributed by atoms with Gasteiger partial charge >= 0.3 is 0 Å². The molecule has 1 aromatic rings. The van der Waals surface area contributed by atoms with Crippen LogP contribution in [-0.4, -0.2) is 24.4 Å². The first-order valence-corrected chi connectivity index (χ1v) is 6.28. The Balaban J connectivity index is 1.77. The van der Waals surface area contributed by atoms with Gasteiger partial charge in [-0.15, -0.1) is 0 Å². The van der Waals surface area contributed by atoms with Gasteiger partial charge < -0.3 is 10.6 Å². The van der Waals surface area contributed by atoms with E-state index >= 15 is 0 Å². The highest BCUT2D eigenvalue weighted by atomic mass is 16.2. The van der Waals surface area contributed by atoms with Crippen molar-refractivity contribution in [3.63, 3.8) is 0 Å². The second-order valence-electron chi connectivity index (χ2n) is 4.63. The van der Waals surface area contributed by atoms with Crippen molar-refractivity contribution in [3.8, 4) is 0 Å². The SMILES string of the molecule is Cc1ccccc1CCNC(=O)[C@@H]1CCC(=O)N1. The van der Waals surface area contributed by atoms with Crippen molar-refractivity contribution in [2.24, 2.45) is 0 Å². The number of amides is 2. The van der Waals surface area contributed by atoms with Crippen molar-refractivity contribution in [2.75, 3.05) is 6.54 Å². The Kier molecular flexibility index (Phi) is 3.97. The van der Waals surface area contributed by atoms with Crippen LogP contribution in [0.4, 0.5) is 0 Å². The van der Waals surface area contributed by atoms with E-state index in [1.807, 2.05) is 12.1 Å². The van der Waals surface area contributed by atoms with E-state index in [-0.39, 0.29) is 17.9 Å². The van der Waals surface area contributed by atoms with E-state index in [9.17, 15) is 9.59 Å². The summed E-state index contributed by atoms with van der Waals surface area (Å²) in [6, 6.07) is 7.80. The summed E-state index contributed by atoms with van der Waals surface area (Å²) >= 11 is 0. The summed E-state index contributed by atoms with van der Waals surface area (Å²) in [6.07, 6.45) is 1.88. The predicted molar refractivity (Wildman–Crippen MR) is 69.1 cm³/mol. The van der Waals surface area contributed by atoms with Crippen LogP contribution in [0.3, 0.4) is 0 Å². The Bertz CT molecular complexity index is 457. The molecular formula is C14H18N2O2. The van der Waals surface area contributed by atoms with Crippen molar-refractivity contribution in [1.29, 1.82) is 0 Å². The second-order valence-corrected chi connectivity index (χ2v) is 4.63. The summed E-state index contributed by atoms with van der Waals surface area (Å²) in [5.41, 5.74) is 2.48. The highest BCUT2D eigenvalue weighted by Crippen LogP contribution is 2.08. The minimum absolute atomic E-state index is 0.0333. The third-order valence-corrected chi connectivity index (χ3v) is 3.27. The van der Waals surface area contributed by atoms with Gasteiger partial charge in [0.25, 0.3) is 0 Å². The topological polar surface area (TPSA) is 58.2 Å². The molecule has 0 aliphatic carbocycles. The zero-order valence-corrected chi connectivity index (χ0v) is 10.5. The molecule has 96 valence electrons. The minimum Gasteiger partial charge on any atom is -0.354 e. The fourth-order valence-electron chi connectivity index (χ4n) is 2.14. The molecule has 1 saturated heterocycles. The van der Waals surface area contributed by atoms with Crippen molar-refractivity contribution in [2.45, 2.75) is 32.2 Å². The Morgan fingerprint density at radius 3 is 2.89 bits per heavy atom. The molecule has 4 nitrogen and oxygen atoms in total. The van der Waals surface area contributed by atoms with Gasteiger partial charge in [0.15, 0.2) is 0 Å². The quantitative estimate of drug-likeness (QED) is 0.830. The van der Waals surface area contributed by atoms with E-state index in [0.29, 0.717) is 19.4 Å². The second kappa shape index (κ2) is 5.67. The number of benzene rings is 1. The Morgan fingerprint density at radius 1 is 1.44 bits per heavy atom. The summed E-state index contributed by atoms with van der Waals surface area (Å²) in [6.45, 7) is 2.67. The third kappa shape index (κ3) is 3.09. The summed E-state index contributed by atoms with van der Waals surface area (Å²) < 4.78 is 0. The van der Waals surface area contributed by atoms with Crippen molar-refractivity contribution < 1.29 is 9.59 Å². The molecule has 4 heteroatoms. The molecule has 0 radical (unpaired) electrons. The van der Waals surface area contributed by atoms with Gasteiger partial charge in [0.05, 0.1) is 0 Å². The lowest BCUT2D eigenvalue weighted by molar-refractivity contribution is -0.125. The van der Waals surface area contributed by atoms with Crippen molar-refractivity contribution >= 4 is 11.8 Å².